The number of ether oxygens (including phenoxy) is 1. The summed E-state index contributed by atoms with van der Waals surface area (Å²) < 4.78 is 10.8. The van der Waals surface area contributed by atoms with Crippen LogP contribution in [0.15, 0.2) is 34.9 Å². The number of benzene rings is 1. The molecule has 2 N–H and O–H groups in total. The zero-order valence-electron chi connectivity index (χ0n) is 10.7. The Balaban J connectivity index is 1.70. The lowest BCUT2D eigenvalue weighted by atomic mass is 10.1. The number of hydrogen-bond acceptors (Lipinski definition) is 5. The van der Waals surface area contributed by atoms with Gasteiger partial charge in [0.2, 0.25) is 5.89 Å². The molecule has 0 aliphatic carbocycles. The molecule has 1 unspecified atom stereocenters. The van der Waals surface area contributed by atoms with E-state index in [9.17, 15) is 0 Å². The Morgan fingerprint density at radius 2 is 2.16 bits per heavy atom. The molecule has 5 heteroatoms. The molecule has 2 heterocycles. The number of hydrogen-bond donors (Lipinski definition) is 1. The summed E-state index contributed by atoms with van der Waals surface area (Å²) in [5, 5.41) is 3.98. The first-order chi connectivity index (χ1) is 9.33. The molecule has 3 rings (SSSR count). The molecular weight excluding hydrogens is 242 g/mol. The molecule has 19 heavy (non-hydrogen) atoms. The van der Waals surface area contributed by atoms with Gasteiger partial charge in [-0.15, -0.1) is 0 Å². The molecule has 0 amide bonds. The smallest absolute Gasteiger partial charge is 0.248 e. The van der Waals surface area contributed by atoms with Crippen molar-refractivity contribution in [3.05, 3.63) is 47.6 Å². The monoisotopic (exact) mass is 259 g/mol. The fraction of sp³-hybridized carbons (Fsp3) is 0.429. The molecule has 1 aliphatic rings. The Morgan fingerprint density at radius 1 is 1.32 bits per heavy atom. The molecule has 1 fully saturated rings. The quantitative estimate of drug-likeness (QED) is 0.906. The Labute approximate surface area is 111 Å². The Kier molecular flexibility index (Phi) is 3.57. The van der Waals surface area contributed by atoms with E-state index in [1.54, 1.807) is 0 Å². The molecule has 100 valence electrons. The summed E-state index contributed by atoms with van der Waals surface area (Å²) in [6, 6.07) is 9.38. The van der Waals surface area contributed by atoms with E-state index in [2.05, 4.69) is 10.1 Å². The van der Waals surface area contributed by atoms with E-state index < -0.39 is 0 Å². The fourth-order valence-electron chi connectivity index (χ4n) is 2.29. The molecule has 0 saturated carbocycles. The highest BCUT2D eigenvalue weighted by Gasteiger charge is 2.21. The van der Waals surface area contributed by atoms with E-state index in [0.717, 1.165) is 25.0 Å². The van der Waals surface area contributed by atoms with Gasteiger partial charge in [0.25, 0.3) is 0 Å². The average Bonchev–Trinajstić information content (AvgIpc) is 3.11. The van der Waals surface area contributed by atoms with Crippen molar-refractivity contribution < 1.29 is 9.26 Å². The second kappa shape index (κ2) is 5.50. The van der Waals surface area contributed by atoms with Crippen LogP contribution in [-0.4, -0.2) is 22.9 Å². The number of aromatic nitrogens is 2. The van der Waals surface area contributed by atoms with Gasteiger partial charge in [-0.2, -0.15) is 4.98 Å². The molecule has 5 nitrogen and oxygen atoms in total. The topological polar surface area (TPSA) is 74.2 Å². The summed E-state index contributed by atoms with van der Waals surface area (Å²) in [4.78, 5) is 4.37. The predicted octanol–water partition coefficient (Wildman–Crippen LogP) is 1.84. The Bertz CT molecular complexity index is 520. The van der Waals surface area contributed by atoms with Crippen molar-refractivity contribution in [1.82, 2.24) is 10.1 Å². The summed E-state index contributed by atoms with van der Waals surface area (Å²) in [5.41, 5.74) is 7.08. The first kappa shape index (κ1) is 12.3. The van der Waals surface area contributed by atoms with E-state index in [-0.39, 0.29) is 12.1 Å². The normalized spacial score (nSPS) is 20.6. The maximum Gasteiger partial charge on any atom is 0.248 e. The lowest BCUT2D eigenvalue weighted by Gasteiger charge is -2.06. The van der Waals surface area contributed by atoms with Gasteiger partial charge >= 0.3 is 0 Å². The van der Waals surface area contributed by atoms with Crippen molar-refractivity contribution in [2.45, 2.75) is 31.4 Å². The van der Waals surface area contributed by atoms with E-state index in [1.165, 1.54) is 0 Å². The molecule has 1 aromatic carbocycles. The predicted molar refractivity (Wildman–Crippen MR) is 69.4 cm³/mol. The van der Waals surface area contributed by atoms with Gasteiger partial charge in [-0.05, 0) is 18.4 Å². The fourth-order valence-corrected chi connectivity index (χ4v) is 2.29. The van der Waals surface area contributed by atoms with Gasteiger partial charge < -0.3 is 15.0 Å². The van der Waals surface area contributed by atoms with Crippen LogP contribution in [0.4, 0.5) is 0 Å². The third-order valence-corrected chi connectivity index (χ3v) is 3.34. The molecule has 2 atom stereocenters. The van der Waals surface area contributed by atoms with Crippen LogP contribution in [0.3, 0.4) is 0 Å². The molecular formula is C14H17N3O2. The number of nitrogens with two attached hydrogens (primary N) is 1. The molecule has 1 aliphatic heterocycles. The minimum Gasteiger partial charge on any atom is -0.378 e. The van der Waals surface area contributed by atoms with Crippen LogP contribution in [0.5, 0.6) is 0 Å². The summed E-state index contributed by atoms with van der Waals surface area (Å²) >= 11 is 0. The second-order valence-corrected chi connectivity index (χ2v) is 4.78. The molecule has 0 spiro atoms. The van der Waals surface area contributed by atoms with Crippen LogP contribution in [0.1, 0.15) is 36.2 Å². The third-order valence-electron chi connectivity index (χ3n) is 3.34. The van der Waals surface area contributed by atoms with Gasteiger partial charge in [0.05, 0.1) is 6.10 Å². The van der Waals surface area contributed by atoms with E-state index >= 15 is 0 Å². The van der Waals surface area contributed by atoms with Crippen LogP contribution in [-0.2, 0) is 11.2 Å². The minimum atomic E-state index is -0.369. The van der Waals surface area contributed by atoms with Crippen molar-refractivity contribution in [3.63, 3.8) is 0 Å². The highest BCUT2D eigenvalue weighted by molar-refractivity contribution is 5.22. The summed E-state index contributed by atoms with van der Waals surface area (Å²) in [5.74, 6) is 1.13. The summed E-state index contributed by atoms with van der Waals surface area (Å²) in [7, 11) is 0. The van der Waals surface area contributed by atoms with Crippen LogP contribution in [0.2, 0.25) is 0 Å². The first-order valence-corrected chi connectivity index (χ1v) is 6.57. The molecule has 0 radical (unpaired) electrons. The lowest BCUT2D eigenvalue weighted by molar-refractivity contribution is 0.109. The Morgan fingerprint density at radius 3 is 2.89 bits per heavy atom. The minimum absolute atomic E-state index is 0.221. The van der Waals surface area contributed by atoms with Crippen LogP contribution in [0.25, 0.3) is 0 Å². The average molecular weight is 259 g/mol. The van der Waals surface area contributed by atoms with Gasteiger partial charge in [0.15, 0.2) is 5.82 Å². The zero-order chi connectivity index (χ0) is 13.1. The maximum atomic E-state index is 6.11. The highest BCUT2D eigenvalue weighted by atomic mass is 16.5. The molecule has 1 aromatic heterocycles. The standard InChI is InChI=1S/C14H17N3O2/c15-13(10-5-2-1-3-6-10)14-16-12(17-19-14)9-11-7-4-8-18-11/h1-3,5-6,11,13H,4,7-9,15H2/t11?,13-/m0/s1. The Hall–Kier alpha value is -1.72. The third kappa shape index (κ3) is 2.83. The van der Waals surface area contributed by atoms with Crippen molar-refractivity contribution in [2.24, 2.45) is 5.73 Å². The lowest BCUT2D eigenvalue weighted by Crippen LogP contribution is -2.13. The van der Waals surface area contributed by atoms with E-state index in [4.69, 9.17) is 15.0 Å². The van der Waals surface area contributed by atoms with Crippen molar-refractivity contribution >= 4 is 0 Å². The van der Waals surface area contributed by atoms with Gasteiger partial charge in [0, 0.05) is 13.0 Å². The van der Waals surface area contributed by atoms with Crippen molar-refractivity contribution in [2.75, 3.05) is 6.61 Å². The largest absolute Gasteiger partial charge is 0.378 e. The van der Waals surface area contributed by atoms with Crippen LogP contribution >= 0.6 is 0 Å². The molecule has 1 saturated heterocycles. The van der Waals surface area contributed by atoms with Crippen LogP contribution < -0.4 is 5.73 Å². The first-order valence-electron chi connectivity index (χ1n) is 6.57. The van der Waals surface area contributed by atoms with Gasteiger partial charge in [-0.3, -0.25) is 0 Å². The van der Waals surface area contributed by atoms with Crippen LogP contribution in [0, 0.1) is 0 Å². The van der Waals surface area contributed by atoms with Gasteiger partial charge in [-0.1, -0.05) is 35.5 Å². The summed E-state index contributed by atoms with van der Waals surface area (Å²) in [6.07, 6.45) is 3.09. The highest BCUT2D eigenvalue weighted by Crippen LogP contribution is 2.19. The second-order valence-electron chi connectivity index (χ2n) is 4.78. The van der Waals surface area contributed by atoms with Gasteiger partial charge in [-0.25, -0.2) is 0 Å². The van der Waals surface area contributed by atoms with Crippen molar-refractivity contribution in [1.29, 1.82) is 0 Å². The SMILES string of the molecule is N[C@@H](c1ccccc1)c1nc(CC2CCCO2)no1. The molecule has 2 aromatic rings. The number of nitrogens with zero attached hydrogens (tertiary/aromatic N) is 2. The number of rotatable bonds is 4. The maximum absolute atomic E-state index is 6.11. The van der Waals surface area contributed by atoms with Gasteiger partial charge in [0.1, 0.15) is 6.04 Å². The summed E-state index contributed by atoms with van der Waals surface area (Å²) in [6.45, 7) is 0.832. The zero-order valence-corrected chi connectivity index (χ0v) is 10.7. The van der Waals surface area contributed by atoms with E-state index in [0.29, 0.717) is 18.1 Å². The van der Waals surface area contributed by atoms with E-state index in [1.807, 2.05) is 30.3 Å². The molecule has 0 bridgehead atoms. The van der Waals surface area contributed by atoms with Crippen molar-refractivity contribution in [3.8, 4) is 0 Å².